The maximum Gasteiger partial charge on any atom is 0.220 e. The number of nitrogens with one attached hydrogen (secondary N) is 1. The van der Waals surface area contributed by atoms with E-state index < -0.39 is 5.82 Å². The summed E-state index contributed by atoms with van der Waals surface area (Å²) in [5.74, 6) is 0.534. The van der Waals surface area contributed by atoms with E-state index in [4.69, 9.17) is 14.2 Å². The van der Waals surface area contributed by atoms with Crippen molar-refractivity contribution in [1.82, 2.24) is 10.2 Å². The van der Waals surface area contributed by atoms with E-state index >= 15 is 0 Å². The summed E-state index contributed by atoms with van der Waals surface area (Å²) in [5.41, 5.74) is 1.89. The van der Waals surface area contributed by atoms with Crippen LogP contribution in [0.3, 0.4) is 0 Å². The third-order valence-electron chi connectivity index (χ3n) is 5.34. The van der Waals surface area contributed by atoms with Crippen LogP contribution in [0.25, 0.3) is 0 Å². The summed E-state index contributed by atoms with van der Waals surface area (Å²) in [6.07, 6.45) is 0.766. The van der Waals surface area contributed by atoms with Crippen molar-refractivity contribution in [1.29, 1.82) is 0 Å². The number of hydrogen-bond acceptors (Lipinski definition) is 5. The average Bonchev–Trinajstić information content (AvgIpc) is 2.79. The molecule has 2 aromatic carbocycles. The predicted octanol–water partition coefficient (Wildman–Crippen LogP) is 2.97. The molecule has 30 heavy (non-hydrogen) atoms. The Balaban J connectivity index is 1.58. The van der Waals surface area contributed by atoms with Crippen LogP contribution in [0.15, 0.2) is 42.5 Å². The third kappa shape index (κ3) is 5.93. The number of methoxy groups -OCH3 is 2. The van der Waals surface area contributed by atoms with Crippen LogP contribution in [-0.4, -0.2) is 57.9 Å². The van der Waals surface area contributed by atoms with Crippen molar-refractivity contribution in [3.63, 3.8) is 0 Å². The monoisotopic (exact) mass is 416 g/mol. The smallest absolute Gasteiger partial charge is 0.220 e. The molecule has 6 nitrogen and oxygen atoms in total. The van der Waals surface area contributed by atoms with Gasteiger partial charge in [-0.15, -0.1) is 0 Å². The number of amides is 1. The Morgan fingerprint density at radius 2 is 1.87 bits per heavy atom. The Labute approximate surface area is 176 Å². The van der Waals surface area contributed by atoms with Gasteiger partial charge in [0.2, 0.25) is 5.91 Å². The first-order valence-corrected chi connectivity index (χ1v) is 10.2. The third-order valence-corrected chi connectivity index (χ3v) is 5.34. The summed E-state index contributed by atoms with van der Waals surface area (Å²) in [6, 6.07) is 12.8. The fraction of sp³-hybridized carbons (Fsp3) is 0.435. The predicted molar refractivity (Wildman–Crippen MR) is 112 cm³/mol. The molecule has 1 heterocycles. The Morgan fingerprint density at radius 1 is 1.13 bits per heavy atom. The van der Waals surface area contributed by atoms with Gasteiger partial charge in [0.1, 0.15) is 5.75 Å². The van der Waals surface area contributed by atoms with Gasteiger partial charge in [-0.2, -0.15) is 0 Å². The summed E-state index contributed by atoms with van der Waals surface area (Å²) in [4.78, 5) is 14.8. The van der Waals surface area contributed by atoms with Crippen LogP contribution in [0.5, 0.6) is 11.5 Å². The molecule has 0 saturated carbocycles. The molecule has 7 heteroatoms. The molecule has 3 rings (SSSR count). The lowest BCUT2D eigenvalue weighted by atomic mass is 10.0. The molecule has 1 N–H and O–H groups in total. The lowest BCUT2D eigenvalue weighted by Gasteiger charge is -2.35. The highest BCUT2D eigenvalue weighted by Gasteiger charge is 2.23. The van der Waals surface area contributed by atoms with E-state index in [1.54, 1.807) is 19.2 Å². The number of benzene rings is 2. The van der Waals surface area contributed by atoms with Gasteiger partial charge < -0.3 is 19.5 Å². The molecule has 1 aliphatic heterocycles. The number of morpholine rings is 1. The van der Waals surface area contributed by atoms with Crippen LogP contribution in [0.2, 0.25) is 0 Å². The first-order chi connectivity index (χ1) is 14.6. The molecular formula is C23H29FN2O4. The number of aryl methyl sites for hydroxylation is 1. The molecule has 0 spiro atoms. The van der Waals surface area contributed by atoms with Gasteiger partial charge in [-0.3, -0.25) is 9.69 Å². The van der Waals surface area contributed by atoms with Gasteiger partial charge >= 0.3 is 0 Å². The van der Waals surface area contributed by atoms with Gasteiger partial charge in [0.05, 0.1) is 33.5 Å². The first kappa shape index (κ1) is 22.1. The van der Waals surface area contributed by atoms with Crippen LogP contribution in [0.1, 0.15) is 23.6 Å². The van der Waals surface area contributed by atoms with Crippen molar-refractivity contribution >= 4 is 5.91 Å². The van der Waals surface area contributed by atoms with Gasteiger partial charge in [0.15, 0.2) is 11.6 Å². The van der Waals surface area contributed by atoms with Gasteiger partial charge in [-0.05, 0) is 41.8 Å². The van der Waals surface area contributed by atoms with Gasteiger partial charge in [-0.1, -0.05) is 18.2 Å². The highest BCUT2D eigenvalue weighted by molar-refractivity contribution is 5.76. The number of hydrogen-bond donors (Lipinski definition) is 1. The fourth-order valence-corrected chi connectivity index (χ4v) is 3.60. The van der Waals surface area contributed by atoms with Gasteiger partial charge in [0.25, 0.3) is 0 Å². The normalized spacial score (nSPS) is 15.4. The molecular weight excluding hydrogens is 387 g/mol. The second-order valence-corrected chi connectivity index (χ2v) is 7.21. The standard InChI is InChI=1S/C23H29FN2O4/c1-28-19-7-5-18(6-8-19)21(26-11-13-30-14-12-26)16-25-23(27)10-4-17-3-9-22(29-2)20(24)15-17/h3,5-9,15,21H,4,10-14,16H2,1-2H3,(H,25,27). The molecule has 1 fully saturated rings. The highest BCUT2D eigenvalue weighted by Crippen LogP contribution is 2.24. The van der Waals surface area contributed by atoms with E-state index in [1.807, 2.05) is 24.3 Å². The van der Waals surface area contributed by atoms with Crippen molar-refractivity contribution in [2.24, 2.45) is 0 Å². The van der Waals surface area contributed by atoms with Crippen molar-refractivity contribution in [2.45, 2.75) is 18.9 Å². The molecule has 1 aliphatic rings. The summed E-state index contributed by atoms with van der Waals surface area (Å²) in [7, 11) is 3.07. The van der Waals surface area contributed by atoms with Crippen LogP contribution in [0, 0.1) is 5.82 Å². The van der Waals surface area contributed by atoms with E-state index in [-0.39, 0.29) is 17.7 Å². The Bertz CT molecular complexity index is 822. The van der Waals surface area contributed by atoms with Crippen molar-refractivity contribution < 1.29 is 23.4 Å². The molecule has 2 aromatic rings. The second-order valence-electron chi connectivity index (χ2n) is 7.21. The minimum absolute atomic E-state index is 0.0574. The maximum atomic E-state index is 13.8. The first-order valence-electron chi connectivity index (χ1n) is 10.2. The SMILES string of the molecule is COc1ccc(C(CNC(=O)CCc2ccc(OC)c(F)c2)N2CCOCC2)cc1. The van der Waals surface area contributed by atoms with Crippen molar-refractivity contribution in [2.75, 3.05) is 47.1 Å². The number of ether oxygens (including phenoxy) is 3. The van der Waals surface area contributed by atoms with Crippen LogP contribution in [0.4, 0.5) is 4.39 Å². The topological polar surface area (TPSA) is 60.0 Å². The van der Waals surface area contributed by atoms with E-state index in [2.05, 4.69) is 10.2 Å². The largest absolute Gasteiger partial charge is 0.497 e. The zero-order valence-corrected chi connectivity index (χ0v) is 17.5. The molecule has 1 saturated heterocycles. The number of carbonyl (C=O) groups excluding carboxylic acids is 1. The molecule has 0 radical (unpaired) electrons. The van der Waals surface area contributed by atoms with Crippen LogP contribution in [-0.2, 0) is 16.0 Å². The zero-order valence-electron chi connectivity index (χ0n) is 17.5. The second kappa shape index (κ2) is 10.9. The van der Waals surface area contributed by atoms with Crippen LogP contribution < -0.4 is 14.8 Å². The van der Waals surface area contributed by atoms with E-state index in [0.29, 0.717) is 32.6 Å². The zero-order chi connectivity index (χ0) is 21.3. The summed E-state index contributed by atoms with van der Waals surface area (Å²) < 4.78 is 29.5. The van der Waals surface area contributed by atoms with Crippen molar-refractivity contribution in [3.8, 4) is 11.5 Å². The van der Waals surface area contributed by atoms with E-state index in [1.165, 1.54) is 13.2 Å². The average molecular weight is 416 g/mol. The number of carbonyl (C=O) groups is 1. The highest BCUT2D eigenvalue weighted by atomic mass is 19.1. The Kier molecular flexibility index (Phi) is 8.04. The fourth-order valence-electron chi connectivity index (χ4n) is 3.60. The summed E-state index contributed by atoms with van der Waals surface area (Å²) in [5, 5.41) is 3.04. The molecule has 0 aromatic heterocycles. The number of nitrogens with zero attached hydrogens (tertiary/aromatic N) is 1. The number of halogens is 1. The quantitative estimate of drug-likeness (QED) is 0.681. The van der Waals surface area contributed by atoms with Crippen LogP contribution >= 0.6 is 0 Å². The van der Waals surface area contributed by atoms with E-state index in [9.17, 15) is 9.18 Å². The lowest BCUT2D eigenvalue weighted by molar-refractivity contribution is -0.121. The Morgan fingerprint density at radius 3 is 2.50 bits per heavy atom. The van der Waals surface area contributed by atoms with Gasteiger partial charge in [-0.25, -0.2) is 4.39 Å². The Hall–Kier alpha value is -2.64. The number of rotatable bonds is 9. The molecule has 0 bridgehead atoms. The molecule has 162 valence electrons. The molecule has 0 aliphatic carbocycles. The minimum atomic E-state index is -0.415. The molecule has 1 amide bonds. The summed E-state index contributed by atoms with van der Waals surface area (Å²) in [6.45, 7) is 3.50. The minimum Gasteiger partial charge on any atom is -0.497 e. The molecule has 1 atom stereocenters. The maximum absolute atomic E-state index is 13.8. The lowest BCUT2D eigenvalue weighted by Crippen LogP contribution is -2.43. The molecule has 1 unspecified atom stereocenters. The van der Waals surface area contributed by atoms with E-state index in [0.717, 1.165) is 30.0 Å². The van der Waals surface area contributed by atoms with Crippen molar-refractivity contribution in [3.05, 3.63) is 59.4 Å². The van der Waals surface area contributed by atoms with Gasteiger partial charge in [0, 0.05) is 26.1 Å². The summed E-state index contributed by atoms with van der Waals surface area (Å²) >= 11 is 0.